The van der Waals surface area contributed by atoms with E-state index in [1.54, 1.807) is 24.3 Å². The van der Waals surface area contributed by atoms with E-state index in [1.165, 1.54) is 0 Å². The van der Waals surface area contributed by atoms with Crippen LogP contribution in [0.5, 0.6) is 5.75 Å². The zero-order valence-electron chi connectivity index (χ0n) is 12.1. The number of benzene rings is 1. The molecule has 5 heteroatoms. The molecule has 1 rings (SSSR count). The van der Waals surface area contributed by atoms with Gasteiger partial charge in [-0.25, -0.2) is 0 Å². The fraction of sp³-hybridized carbons (Fsp3) is 0.600. The molecule has 3 nitrogen and oxygen atoms in total. The monoisotopic (exact) mass is 287 g/mol. The molecular weight excluding hydrogens is 264 g/mol. The molecule has 114 valence electrons. The average molecular weight is 287 g/mol. The van der Waals surface area contributed by atoms with Gasteiger partial charge in [-0.15, -0.1) is 0 Å². The van der Waals surface area contributed by atoms with Crippen molar-refractivity contribution in [3.8, 4) is 5.75 Å². The molecule has 0 unspecified atom stereocenters. The van der Waals surface area contributed by atoms with Crippen molar-refractivity contribution in [2.75, 3.05) is 19.8 Å². The highest BCUT2D eigenvalue weighted by Crippen LogP contribution is 2.14. The van der Waals surface area contributed by atoms with E-state index in [-0.39, 0.29) is 5.75 Å². The van der Waals surface area contributed by atoms with Gasteiger partial charge in [0.05, 0.1) is 0 Å². The minimum atomic E-state index is -2.77. The van der Waals surface area contributed by atoms with Crippen LogP contribution in [0.3, 0.4) is 0 Å². The molecule has 0 radical (unpaired) electrons. The summed E-state index contributed by atoms with van der Waals surface area (Å²) in [5.74, 6) is 0.753. The van der Waals surface area contributed by atoms with Crippen molar-refractivity contribution < 1.29 is 18.3 Å². The number of halogens is 2. The third-order valence-electron chi connectivity index (χ3n) is 2.57. The maximum atomic E-state index is 12.0. The first-order chi connectivity index (χ1) is 9.58. The quantitative estimate of drug-likeness (QED) is 0.669. The number of nitrogens with one attached hydrogen (secondary N) is 1. The molecule has 1 aromatic rings. The van der Waals surface area contributed by atoms with E-state index < -0.39 is 6.61 Å². The van der Waals surface area contributed by atoms with Crippen molar-refractivity contribution in [1.82, 2.24) is 5.32 Å². The van der Waals surface area contributed by atoms with Crippen molar-refractivity contribution in [2.45, 2.75) is 33.4 Å². The van der Waals surface area contributed by atoms with Crippen LogP contribution >= 0.6 is 0 Å². The maximum Gasteiger partial charge on any atom is 0.387 e. The lowest BCUT2D eigenvalue weighted by Gasteiger charge is -2.08. The summed E-state index contributed by atoms with van der Waals surface area (Å²) in [6.45, 7) is 4.61. The smallest absolute Gasteiger partial charge is 0.387 e. The van der Waals surface area contributed by atoms with Crippen LogP contribution in [-0.2, 0) is 11.3 Å². The lowest BCUT2D eigenvalue weighted by Crippen LogP contribution is -2.17. The second kappa shape index (κ2) is 9.66. The zero-order chi connectivity index (χ0) is 14.8. The first kappa shape index (κ1) is 16.9. The number of hydrogen-bond acceptors (Lipinski definition) is 3. The van der Waals surface area contributed by atoms with Crippen LogP contribution in [0, 0.1) is 5.92 Å². The fourth-order valence-corrected chi connectivity index (χ4v) is 1.64. The van der Waals surface area contributed by atoms with E-state index in [1.807, 2.05) is 0 Å². The van der Waals surface area contributed by atoms with E-state index in [2.05, 4.69) is 23.9 Å². The molecule has 0 amide bonds. The van der Waals surface area contributed by atoms with E-state index in [0.717, 1.165) is 31.7 Å². The molecule has 1 N–H and O–H groups in total. The molecule has 0 aliphatic rings. The molecule has 0 fully saturated rings. The van der Waals surface area contributed by atoms with Gasteiger partial charge in [0.2, 0.25) is 0 Å². The Labute approximate surface area is 119 Å². The van der Waals surface area contributed by atoms with Crippen LogP contribution < -0.4 is 10.1 Å². The normalized spacial score (nSPS) is 11.3. The van der Waals surface area contributed by atoms with Gasteiger partial charge in [-0.1, -0.05) is 26.0 Å². The topological polar surface area (TPSA) is 30.5 Å². The molecule has 0 bridgehead atoms. The predicted molar refractivity (Wildman–Crippen MR) is 75.1 cm³/mol. The van der Waals surface area contributed by atoms with Crippen LogP contribution in [0.15, 0.2) is 24.3 Å². The molecule has 1 aromatic carbocycles. The molecule has 0 atom stereocenters. The van der Waals surface area contributed by atoms with Crippen LogP contribution in [0.1, 0.15) is 25.8 Å². The van der Waals surface area contributed by atoms with E-state index in [9.17, 15) is 8.78 Å². The summed E-state index contributed by atoms with van der Waals surface area (Å²) >= 11 is 0. The minimum absolute atomic E-state index is 0.186. The summed E-state index contributed by atoms with van der Waals surface area (Å²) in [6.07, 6.45) is 0.958. The molecule has 0 spiro atoms. The third kappa shape index (κ3) is 8.07. The van der Waals surface area contributed by atoms with E-state index >= 15 is 0 Å². The largest absolute Gasteiger partial charge is 0.435 e. The Balaban J connectivity index is 2.10. The standard InChI is InChI=1S/C15H23F2NO2/c1-12(2)11-19-9-3-8-18-10-13-4-6-14(7-5-13)20-15(16)17/h4-7,12,15,18H,3,8-11H2,1-2H3. The van der Waals surface area contributed by atoms with Crippen molar-refractivity contribution >= 4 is 0 Å². The van der Waals surface area contributed by atoms with Crippen LogP contribution in [0.2, 0.25) is 0 Å². The third-order valence-corrected chi connectivity index (χ3v) is 2.57. The summed E-state index contributed by atoms with van der Waals surface area (Å²) in [5, 5.41) is 3.28. The molecule has 0 aliphatic carbocycles. The summed E-state index contributed by atoms with van der Waals surface area (Å²) in [5.41, 5.74) is 1.04. The molecular formula is C15H23F2NO2. The first-order valence-corrected chi connectivity index (χ1v) is 6.90. The number of alkyl halides is 2. The molecule has 0 saturated heterocycles. The Morgan fingerprint density at radius 2 is 1.85 bits per heavy atom. The van der Waals surface area contributed by atoms with Gasteiger partial charge in [-0.2, -0.15) is 8.78 Å². The van der Waals surface area contributed by atoms with E-state index in [0.29, 0.717) is 12.5 Å². The number of rotatable bonds is 10. The number of hydrogen-bond donors (Lipinski definition) is 1. The lowest BCUT2D eigenvalue weighted by molar-refractivity contribution is -0.0498. The highest BCUT2D eigenvalue weighted by molar-refractivity contribution is 5.27. The summed E-state index contributed by atoms with van der Waals surface area (Å²) < 4.78 is 33.7. The summed E-state index contributed by atoms with van der Waals surface area (Å²) in [6, 6.07) is 6.66. The molecule has 0 saturated carbocycles. The van der Waals surface area contributed by atoms with Gasteiger partial charge in [0.15, 0.2) is 0 Å². The Bertz CT molecular complexity index is 355. The van der Waals surface area contributed by atoms with Gasteiger partial charge in [0, 0.05) is 19.8 Å². The van der Waals surface area contributed by atoms with Crippen LogP contribution in [0.4, 0.5) is 8.78 Å². The average Bonchev–Trinajstić information content (AvgIpc) is 2.38. The lowest BCUT2D eigenvalue weighted by atomic mass is 10.2. The van der Waals surface area contributed by atoms with Crippen molar-refractivity contribution in [2.24, 2.45) is 5.92 Å². The van der Waals surface area contributed by atoms with Gasteiger partial charge in [-0.3, -0.25) is 0 Å². The Morgan fingerprint density at radius 3 is 2.45 bits per heavy atom. The number of ether oxygens (including phenoxy) is 2. The van der Waals surface area contributed by atoms with Gasteiger partial charge in [-0.05, 0) is 36.6 Å². The Morgan fingerprint density at radius 1 is 1.15 bits per heavy atom. The highest BCUT2D eigenvalue weighted by Gasteiger charge is 2.03. The molecule has 0 aromatic heterocycles. The second-order valence-corrected chi connectivity index (χ2v) is 5.02. The van der Waals surface area contributed by atoms with E-state index in [4.69, 9.17) is 4.74 Å². The van der Waals surface area contributed by atoms with Gasteiger partial charge < -0.3 is 14.8 Å². The first-order valence-electron chi connectivity index (χ1n) is 6.90. The molecule has 0 heterocycles. The molecule has 0 aliphatic heterocycles. The van der Waals surface area contributed by atoms with Crippen LogP contribution in [0.25, 0.3) is 0 Å². The zero-order valence-corrected chi connectivity index (χ0v) is 12.1. The van der Waals surface area contributed by atoms with Gasteiger partial charge >= 0.3 is 6.61 Å². The SMILES string of the molecule is CC(C)COCCCNCc1ccc(OC(F)F)cc1. The molecule has 20 heavy (non-hydrogen) atoms. The van der Waals surface area contributed by atoms with Crippen molar-refractivity contribution in [3.05, 3.63) is 29.8 Å². The predicted octanol–water partition coefficient (Wildman–Crippen LogP) is 3.44. The van der Waals surface area contributed by atoms with Gasteiger partial charge in [0.25, 0.3) is 0 Å². The highest BCUT2D eigenvalue weighted by atomic mass is 19.3. The van der Waals surface area contributed by atoms with Crippen molar-refractivity contribution in [3.63, 3.8) is 0 Å². The Hall–Kier alpha value is -1.20. The van der Waals surface area contributed by atoms with Crippen molar-refractivity contribution in [1.29, 1.82) is 0 Å². The maximum absolute atomic E-state index is 12.0. The van der Waals surface area contributed by atoms with Gasteiger partial charge in [0.1, 0.15) is 5.75 Å². The minimum Gasteiger partial charge on any atom is -0.435 e. The fourth-order valence-electron chi connectivity index (χ4n) is 1.64. The van der Waals surface area contributed by atoms with Crippen LogP contribution in [-0.4, -0.2) is 26.4 Å². The summed E-state index contributed by atoms with van der Waals surface area (Å²) in [7, 11) is 0. The second-order valence-electron chi connectivity index (χ2n) is 5.02. The summed E-state index contributed by atoms with van der Waals surface area (Å²) in [4.78, 5) is 0. The Kier molecular flexibility index (Phi) is 8.14.